The SMILES string of the molecule is Cc1ccc(NC(=O)S)o1. The number of hydrogen-bond donors (Lipinski definition) is 2. The molecule has 0 aliphatic carbocycles. The molecule has 1 aromatic rings. The third-order valence-corrected chi connectivity index (χ3v) is 1.08. The third-order valence-electron chi connectivity index (χ3n) is 0.970. The van der Waals surface area contributed by atoms with Gasteiger partial charge in [0.1, 0.15) is 5.76 Å². The number of anilines is 1. The summed E-state index contributed by atoms with van der Waals surface area (Å²) in [6.45, 7) is 1.80. The monoisotopic (exact) mass is 157 g/mol. The lowest BCUT2D eigenvalue weighted by molar-refractivity contribution is 0.269. The van der Waals surface area contributed by atoms with Crippen molar-refractivity contribution in [1.82, 2.24) is 0 Å². The molecule has 0 aliphatic heterocycles. The second-order valence-electron chi connectivity index (χ2n) is 1.84. The van der Waals surface area contributed by atoms with E-state index in [9.17, 15) is 4.79 Å². The van der Waals surface area contributed by atoms with Crippen LogP contribution in [0.3, 0.4) is 0 Å². The van der Waals surface area contributed by atoms with E-state index < -0.39 is 5.24 Å². The van der Waals surface area contributed by atoms with Gasteiger partial charge in [-0.2, -0.15) is 0 Å². The first-order valence-electron chi connectivity index (χ1n) is 2.75. The number of rotatable bonds is 1. The number of nitrogens with one attached hydrogen (secondary N) is 1. The lowest BCUT2D eigenvalue weighted by atomic mass is 10.5. The Morgan fingerprint density at radius 1 is 1.70 bits per heavy atom. The summed E-state index contributed by atoms with van der Waals surface area (Å²) in [7, 11) is 0. The molecular formula is C6H7NO2S. The normalized spacial score (nSPS) is 9.40. The Labute approximate surface area is 63.8 Å². The summed E-state index contributed by atoms with van der Waals surface area (Å²) in [5.74, 6) is 1.19. The average Bonchev–Trinajstić information content (AvgIpc) is 2.13. The van der Waals surface area contributed by atoms with Crippen molar-refractivity contribution >= 4 is 23.8 Å². The second-order valence-corrected chi connectivity index (χ2v) is 2.25. The molecule has 0 aromatic carbocycles. The minimum absolute atomic E-state index is 0.422. The molecular weight excluding hydrogens is 150 g/mol. The molecule has 10 heavy (non-hydrogen) atoms. The van der Waals surface area contributed by atoms with E-state index in [1.54, 1.807) is 19.1 Å². The molecule has 1 aromatic heterocycles. The predicted octanol–water partition coefficient (Wildman–Crippen LogP) is 2.05. The molecule has 0 bridgehead atoms. The van der Waals surface area contributed by atoms with Crippen LogP contribution in [0.2, 0.25) is 0 Å². The van der Waals surface area contributed by atoms with E-state index in [-0.39, 0.29) is 0 Å². The summed E-state index contributed by atoms with van der Waals surface area (Å²) in [4.78, 5) is 10.3. The first-order chi connectivity index (χ1) is 4.68. The van der Waals surface area contributed by atoms with Gasteiger partial charge in [0.15, 0.2) is 5.88 Å². The second kappa shape index (κ2) is 2.79. The molecule has 54 valence electrons. The maximum absolute atomic E-state index is 10.3. The fourth-order valence-corrected chi connectivity index (χ4v) is 0.717. The number of hydrogen-bond acceptors (Lipinski definition) is 2. The molecule has 0 spiro atoms. The van der Waals surface area contributed by atoms with Crippen LogP contribution in [0.1, 0.15) is 5.76 Å². The first kappa shape index (κ1) is 7.21. The predicted molar refractivity (Wildman–Crippen MR) is 41.4 cm³/mol. The maximum Gasteiger partial charge on any atom is 0.282 e. The van der Waals surface area contributed by atoms with Gasteiger partial charge < -0.3 is 4.42 Å². The lowest BCUT2D eigenvalue weighted by Crippen LogP contribution is -1.98. The Morgan fingerprint density at radius 3 is 2.80 bits per heavy atom. The van der Waals surface area contributed by atoms with Gasteiger partial charge in [0, 0.05) is 6.07 Å². The molecule has 0 radical (unpaired) electrons. The van der Waals surface area contributed by atoms with Crippen LogP contribution in [0.15, 0.2) is 16.5 Å². The zero-order valence-corrected chi connectivity index (χ0v) is 6.31. The van der Waals surface area contributed by atoms with Crippen LogP contribution in [0.25, 0.3) is 0 Å². The Bertz CT molecular complexity index is 244. The van der Waals surface area contributed by atoms with Gasteiger partial charge in [0.05, 0.1) is 0 Å². The number of furan rings is 1. The van der Waals surface area contributed by atoms with E-state index >= 15 is 0 Å². The Balaban J connectivity index is 2.67. The van der Waals surface area contributed by atoms with Gasteiger partial charge in [-0.25, -0.2) is 0 Å². The molecule has 1 rings (SSSR count). The highest BCUT2D eigenvalue weighted by molar-refractivity contribution is 7.96. The highest BCUT2D eigenvalue weighted by atomic mass is 32.1. The van der Waals surface area contributed by atoms with Crippen molar-refractivity contribution in [3.05, 3.63) is 17.9 Å². The molecule has 1 N–H and O–H groups in total. The van der Waals surface area contributed by atoms with Gasteiger partial charge in [0.2, 0.25) is 0 Å². The average molecular weight is 157 g/mol. The van der Waals surface area contributed by atoms with Gasteiger partial charge in [-0.15, -0.1) is 0 Å². The molecule has 0 saturated carbocycles. The summed E-state index contributed by atoms with van der Waals surface area (Å²) >= 11 is 3.51. The molecule has 3 nitrogen and oxygen atoms in total. The van der Waals surface area contributed by atoms with Gasteiger partial charge in [-0.3, -0.25) is 10.1 Å². The maximum atomic E-state index is 10.3. The Hall–Kier alpha value is -0.900. The summed E-state index contributed by atoms with van der Waals surface area (Å²) in [5, 5.41) is 1.96. The molecule has 0 fully saturated rings. The zero-order chi connectivity index (χ0) is 7.56. The minimum atomic E-state index is -0.422. The van der Waals surface area contributed by atoms with Crippen LogP contribution in [-0.4, -0.2) is 5.24 Å². The van der Waals surface area contributed by atoms with Gasteiger partial charge >= 0.3 is 0 Å². The number of thiol groups is 1. The van der Waals surface area contributed by atoms with Gasteiger partial charge in [-0.1, -0.05) is 12.6 Å². The standard InChI is InChI=1S/C6H7NO2S/c1-4-2-3-5(9-4)7-6(8)10/h2-3H,1H3,(H2,7,8,10). The van der Waals surface area contributed by atoms with Crippen LogP contribution in [0.4, 0.5) is 10.7 Å². The van der Waals surface area contributed by atoms with E-state index in [4.69, 9.17) is 4.42 Å². The van der Waals surface area contributed by atoms with Crippen molar-refractivity contribution in [3.8, 4) is 0 Å². The van der Waals surface area contributed by atoms with Crippen LogP contribution < -0.4 is 5.32 Å². The number of carbonyl (C=O) groups is 1. The highest BCUT2D eigenvalue weighted by Crippen LogP contribution is 2.11. The number of amides is 1. The zero-order valence-electron chi connectivity index (χ0n) is 5.42. The van der Waals surface area contributed by atoms with Crippen LogP contribution in [0, 0.1) is 6.92 Å². The van der Waals surface area contributed by atoms with Crippen molar-refractivity contribution < 1.29 is 9.21 Å². The van der Waals surface area contributed by atoms with Crippen molar-refractivity contribution in [3.63, 3.8) is 0 Å². The fraction of sp³-hybridized carbons (Fsp3) is 0.167. The van der Waals surface area contributed by atoms with E-state index in [0.29, 0.717) is 5.88 Å². The molecule has 0 aliphatic rings. The quantitative estimate of drug-likeness (QED) is 0.612. The van der Waals surface area contributed by atoms with Crippen molar-refractivity contribution in [1.29, 1.82) is 0 Å². The van der Waals surface area contributed by atoms with Crippen molar-refractivity contribution in [2.24, 2.45) is 0 Å². The van der Waals surface area contributed by atoms with E-state index in [1.807, 2.05) is 0 Å². The van der Waals surface area contributed by atoms with Crippen molar-refractivity contribution in [2.45, 2.75) is 6.92 Å². The molecule has 4 heteroatoms. The van der Waals surface area contributed by atoms with Crippen LogP contribution in [-0.2, 0) is 0 Å². The van der Waals surface area contributed by atoms with Crippen LogP contribution >= 0.6 is 12.6 Å². The number of carbonyl (C=O) groups excluding carboxylic acids is 1. The largest absolute Gasteiger partial charge is 0.446 e. The van der Waals surface area contributed by atoms with E-state index in [2.05, 4.69) is 17.9 Å². The summed E-state index contributed by atoms with van der Waals surface area (Å²) in [6.07, 6.45) is 0. The smallest absolute Gasteiger partial charge is 0.282 e. The molecule has 0 saturated heterocycles. The van der Waals surface area contributed by atoms with Crippen molar-refractivity contribution in [2.75, 3.05) is 5.32 Å². The van der Waals surface area contributed by atoms with E-state index in [1.165, 1.54) is 0 Å². The minimum Gasteiger partial charge on any atom is -0.446 e. The third kappa shape index (κ3) is 1.80. The van der Waals surface area contributed by atoms with Crippen LogP contribution in [0.5, 0.6) is 0 Å². The first-order valence-corrected chi connectivity index (χ1v) is 3.19. The van der Waals surface area contributed by atoms with Gasteiger partial charge in [-0.05, 0) is 13.0 Å². The topological polar surface area (TPSA) is 42.2 Å². The summed E-state index contributed by atoms with van der Waals surface area (Å²) in [6, 6.07) is 3.43. The fourth-order valence-electron chi connectivity index (χ4n) is 0.607. The summed E-state index contributed by atoms with van der Waals surface area (Å²) in [5.41, 5.74) is 0. The Morgan fingerprint density at radius 2 is 2.40 bits per heavy atom. The highest BCUT2D eigenvalue weighted by Gasteiger charge is 1.98. The summed E-state index contributed by atoms with van der Waals surface area (Å²) < 4.78 is 5.01. The number of aryl methyl sites for hydroxylation is 1. The molecule has 1 amide bonds. The molecule has 1 heterocycles. The Kier molecular flexibility index (Phi) is 2.01. The van der Waals surface area contributed by atoms with E-state index in [0.717, 1.165) is 5.76 Å². The van der Waals surface area contributed by atoms with Gasteiger partial charge in [0.25, 0.3) is 5.24 Å². The lowest BCUT2D eigenvalue weighted by Gasteiger charge is -1.92. The molecule has 0 atom stereocenters. The molecule has 0 unspecified atom stereocenters.